The molecule has 1 heterocycles. The minimum Gasteiger partial charge on any atom is -0.481 e. The predicted octanol–water partition coefficient (Wildman–Crippen LogP) is -0.106. The summed E-state index contributed by atoms with van der Waals surface area (Å²) >= 11 is 0. The zero-order chi connectivity index (χ0) is 9.14. The molecule has 5 heteroatoms. The fourth-order valence-corrected chi connectivity index (χ4v) is 1.04. The van der Waals surface area contributed by atoms with E-state index in [1.165, 1.54) is 0 Å². The molecule has 5 nitrogen and oxygen atoms in total. The molecule has 0 aliphatic carbocycles. The van der Waals surface area contributed by atoms with Crippen LogP contribution >= 0.6 is 0 Å². The molecule has 1 aliphatic rings. The van der Waals surface area contributed by atoms with Gasteiger partial charge in [0.05, 0.1) is 18.4 Å². The number of likely N-dealkylation sites (tertiary alicyclic amines) is 1. The molecule has 0 aromatic rings. The Kier molecular flexibility index (Phi) is 2.29. The van der Waals surface area contributed by atoms with Crippen molar-refractivity contribution >= 4 is 11.8 Å². The van der Waals surface area contributed by atoms with Crippen LogP contribution in [0.25, 0.3) is 0 Å². The average Bonchev–Trinajstić information content (AvgIpc) is 1.82. The maximum atomic E-state index is 10.3. The molecule has 0 bridgehead atoms. The van der Waals surface area contributed by atoms with E-state index in [4.69, 9.17) is 15.8 Å². The van der Waals surface area contributed by atoms with Gasteiger partial charge in [0.25, 0.3) is 0 Å². The molecule has 12 heavy (non-hydrogen) atoms. The number of nitriles is 1. The second-order valence-corrected chi connectivity index (χ2v) is 2.72. The number of nitrogens with one attached hydrogen (secondary N) is 1. The number of rotatable bonds is 2. The molecule has 0 aromatic heterocycles. The first-order chi connectivity index (χ1) is 5.65. The van der Waals surface area contributed by atoms with Crippen LogP contribution in [0.4, 0.5) is 0 Å². The summed E-state index contributed by atoms with van der Waals surface area (Å²) in [5, 5.41) is 24.0. The number of aliphatic carboxylic acids is 1. The number of carboxylic acid groups (broad SMARTS) is 1. The van der Waals surface area contributed by atoms with Gasteiger partial charge in [0.1, 0.15) is 5.84 Å². The van der Waals surface area contributed by atoms with Gasteiger partial charge in [-0.1, -0.05) is 0 Å². The first kappa shape index (κ1) is 8.53. The van der Waals surface area contributed by atoms with Crippen LogP contribution in [0.2, 0.25) is 0 Å². The summed E-state index contributed by atoms with van der Waals surface area (Å²) in [5.74, 6) is -0.963. The lowest BCUT2D eigenvalue weighted by Crippen LogP contribution is -2.52. The van der Waals surface area contributed by atoms with E-state index in [0.717, 1.165) is 0 Å². The van der Waals surface area contributed by atoms with E-state index in [0.29, 0.717) is 13.1 Å². The van der Waals surface area contributed by atoms with Crippen LogP contribution in [0, 0.1) is 22.7 Å². The zero-order valence-corrected chi connectivity index (χ0v) is 6.45. The molecule has 0 unspecified atom stereocenters. The topological polar surface area (TPSA) is 88.2 Å². The number of hydrogen-bond donors (Lipinski definition) is 2. The molecule has 2 N–H and O–H groups in total. The molecule has 64 valence electrons. The highest BCUT2D eigenvalue weighted by atomic mass is 16.4. The largest absolute Gasteiger partial charge is 0.481 e. The predicted molar refractivity (Wildman–Crippen MR) is 40.7 cm³/mol. The summed E-state index contributed by atoms with van der Waals surface area (Å²) < 4.78 is 0. The highest BCUT2D eigenvalue weighted by molar-refractivity contribution is 5.84. The number of nitrogens with zero attached hydrogens (tertiary/aromatic N) is 2. The molecule has 1 saturated heterocycles. The standard InChI is InChI=1S/C7H9N3O2/c8-2-1-6(9)10-3-5(4-10)7(11)12/h5,9H,1,3-4H2,(H,11,12). The van der Waals surface area contributed by atoms with Crippen molar-refractivity contribution in [1.82, 2.24) is 4.90 Å². The number of hydrogen-bond acceptors (Lipinski definition) is 3. The van der Waals surface area contributed by atoms with Gasteiger partial charge in [0.2, 0.25) is 0 Å². The van der Waals surface area contributed by atoms with Gasteiger partial charge in [-0.25, -0.2) is 0 Å². The molecule has 1 aliphatic heterocycles. The highest BCUT2D eigenvalue weighted by Crippen LogP contribution is 2.16. The molecular weight excluding hydrogens is 158 g/mol. The molecule has 0 radical (unpaired) electrons. The third kappa shape index (κ3) is 1.53. The Morgan fingerprint density at radius 1 is 1.75 bits per heavy atom. The van der Waals surface area contributed by atoms with Crippen LogP contribution in [0.1, 0.15) is 6.42 Å². The maximum Gasteiger partial charge on any atom is 0.310 e. The molecule has 0 amide bonds. The van der Waals surface area contributed by atoms with Gasteiger partial charge < -0.3 is 10.0 Å². The van der Waals surface area contributed by atoms with E-state index >= 15 is 0 Å². The fourth-order valence-electron chi connectivity index (χ4n) is 1.04. The Balaban J connectivity index is 2.30. The normalized spacial score (nSPS) is 16.4. The molecule has 0 atom stereocenters. The van der Waals surface area contributed by atoms with Gasteiger partial charge in [-0.05, 0) is 0 Å². The number of carboxylic acids is 1. The number of carbonyl (C=O) groups is 1. The molecule has 0 aromatic carbocycles. The van der Waals surface area contributed by atoms with Gasteiger partial charge in [-0.2, -0.15) is 5.26 Å². The molecule has 0 spiro atoms. The smallest absolute Gasteiger partial charge is 0.310 e. The Labute approximate surface area is 69.7 Å². The Morgan fingerprint density at radius 2 is 2.33 bits per heavy atom. The molecule has 0 saturated carbocycles. The van der Waals surface area contributed by atoms with Crippen molar-refractivity contribution in [2.75, 3.05) is 13.1 Å². The minimum atomic E-state index is -0.823. The summed E-state index contributed by atoms with van der Waals surface area (Å²) in [4.78, 5) is 11.9. The van der Waals surface area contributed by atoms with Crippen molar-refractivity contribution in [2.45, 2.75) is 6.42 Å². The van der Waals surface area contributed by atoms with Crippen molar-refractivity contribution in [1.29, 1.82) is 10.7 Å². The van der Waals surface area contributed by atoms with Crippen molar-refractivity contribution in [3.63, 3.8) is 0 Å². The summed E-state index contributed by atoms with van der Waals surface area (Å²) in [6.07, 6.45) is 0.0618. The first-order valence-corrected chi connectivity index (χ1v) is 3.57. The Hall–Kier alpha value is -1.57. The minimum absolute atomic E-state index is 0.0618. The molecule has 1 rings (SSSR count). The van der Waals surface area contributed by atoms with Gasteiger partial charge in [-0.15, -0.1) is 0 Å². The van der Waals surface area contributed by atoms with E-state index in [-0.39, 0.29) is 18.2 Å². The first-order valence-electron chi connectivity index (χ1n) is 3.57. The quantitative estimate of drug-likeness (QED) is 0.443. The van der Waals surface area contributed by atoms with E-state index in [1.54, 1.807) is 4.90 Å². The van der Waals surface area contributed by atoms with E-state index in [9.17, 15) is 4.79 Å². The molecule has 1 fully saturated rings. The van der Waals surface area contributed by atoms with E-state index in [2.05, 4.69) is 0 Å². The zero-order valence-electron chi connectivity index (χ0n) is 6.45. The second kappa shape index (κ2) is 3.22. The van der Waals surface area contributed by atoms with Crippen molar-refractivity contribution in [3.05, 3.63) is 0 Å². The summed E-state index contributed by atoms with van der Waals surface area (Å²) in [5.41, 5.74) is 0. The van der Waals surface area contributed by atoms with E-state index < -0.39 is 5.97 Å². The summed E-state index contributed by atoms with van der Waals surface area (Å²) in [7, 11) is 0. The van der Waals surface area contributed by atoms with Crippen LogP contribution in [-0.2, 0) is 4.79 Å². The van der Waals surface area contributed by atoms with Crippen LogP contribution in [-0.4, -0.2) is 34.9 Å². The summed E-state index contributed by atoms with van der Waals surface area (Å²) in [6.45, 7) is 0.742. The fraction of sp³-hybridized carbons (Fsp3) is 0.571. The lowest BCUT2D eigenvalue weighted by atomic mass is 10.0. The monoisotopic (exact) mass is 167 g/mol. The van der Waals surface area contributed by atoms with Crippen molar-refractivity contribution in [2.24, 2.45) is 5.92 Å². The maximum absolute atomic E-state index is 10.3. The lowest BCUT2D eigenvalue weighted by molar-refractivity contribution is -0.145. The van der Waals surface area contributed by atoms with Gasteiger partial charge >= 0.3 is 5.97 Å². The summed E-state index contributed by atoms with van der Waals surface area (Å²) in [6, 6.07) is 1.85. The van der Waals surface area contributed by atoms with Crippen LogP contribution in [0.5, 0.6) is 0 Å². The Morgan fingerprint density at radius 3 is 2.75 bits per heavy atom. The highest BCUT2D eigenvalue weighted by Gasteiger charge is 2.33. The van der Waals surface area contributed by atoms with Crippen LogP contribution < -0.4 is 0 Å². The average molecular weight is 167 g/mol. The van der Waals surface area contributed by atoms with Gasteiger partial charge in [0.15, 0.2) is 0 Å². The van der Waals surface area contributed by atoms with Crippen LogP contribution in [0.3, 0.4) is 0 Å². The number of amidine groups is 1. The van der Waals surface area contributed by atoms with E-state index in [1.807, 2.05) is 6.07 Å². The SMILES string of the molecule is N#CCC(=N)N1CC(C(=O)O)C1. The van der Waals surface area contributed by atoms with Crippen LogP contribution in [0.15, 0.2) is 0 Å². The van der Waals surface area contributed by atoms with Crippen molar-refractivity contribution < 1.29 is 9.90 Å². The van der Waals surface area contributed by atoms with Gasteiger partial charge in [0, 0.05) is 13.1 Å². The molecular formula is C7H9N3O2. The Bertz CT molecular complexity index is 250. The lowest BCUT2D eigenvalue weighted by Gasteiger charge is -2.37. The third-order valence-corrected chi connectivity index (χ3v) is 1.86. The van der Waals surface area contributed by atoms with Crippen molar-refractivity contribution in [3.8, 4) is 6.07 Å². The third-order valence-electron chi connectivity index (χ3n) is 1.86. The second-order valence-electron chi connectivity index (χ2n) is 2.72. The van der Waals surface area contributed by atoms with Gasteiger partial charge in [-0.3, -0.25) is 10.2 Å².